The second-order valence-corrected chi connectivity index (χ2v) is 3.84. The lowest BCUT2D eigenvalue weighted by Crippen LogP contribution is -1.83. The molecule has 0 spiro atoms. The fraction of sp³-hybridized carbons (Fsp3) is 0.0714. The summed E-state index contributed by atoms with van der Waals surface area (Å²) in [5, 5.41) is 3.73. The van der Waals surface area contributed by atoms with Gasteiger partial charge in [-0.15, -0.1) is 0 Å². The topological polar surface area (TPSA) is 12.9 Å². The van der Waals surface area contributed by atoms with Crippen molar-refractivity contribution in [2.45, 2.75) is 6.92 Å². The van der Waals surface area contributed by atoms with Gasteiger partial charge in [0.1, 0.15) is 0 Å². The van der Waals surface area contributed by atoms with Gasteiger partial charge in [-0.05, 0) is 35.9 Å². The molecule has 1 heteroatoms. The molecule has 0 radical (unpaired) electrons. The number of aromatic nitrogens is 1. The predicted molar refractivity (Wildman–Crippen MR) is 64.0 cm³/mol. The molecule has 0 saturated carbocycles. The van der Waals surface area contributed by atoms with Crippen LogP contribution in [0.3, 0.4) is 0 Å². The fourth-order valence-corrected chi connectivity index (χ4v) is 1.91. The third kappa shape index (κ3) is 1.37. The maximum atomic E-state index is 4.53. The Kier molecular flexibility index (Phi) is 1.72. The number of hydrogen-bond acceptors (Lipinski definition) is 1. The molecule has 15 heavy (non-hydrogen) atoms. The smallest absolute Gasteiger partial charge is 0.0711 e. The highest BCUT2D eigenvalue weighted by Gasteiger charge is 1.98. The molecular weight excluding hydrogens is 182 g/mol. The van der Waals surface area contributed by atoms with Crippen LogP contribution in [0.25, 0.3) is 21.7 Å². The van der Waals surface area contributed by atoms with E-state index in [1.165, 1.54) is 16.2 Å². The van der Waals surface area contributed by atoms with Gasteiger partial charge in [-0.3, -0.25) is 4.98 Å². The Morgan fingerprint density at radius 2 is 1.53 bits per heavy atom. The number of hydrogen-bond donors (Lipinski definition) is 0. The first kappa shape index (κ1) is 8.42. The number of benzene rings is 2. The van der Waals surface area contributed by atoms with E-state index in [1.807, 2.05) is 6.92 Å². The number of nitrogens with zero attached hydrogens (tertiary/aromatic N) is 1. The second-order valence-electron chi connectivity index (χ2n) is 3.84. The van der Waals surface area contributed by atoms with Gasteiger partial charge < -0.3 is 0 Å². The Morgan fingerprint density at radius 1 is 0.800 bits per heavy atom. The summed E-state index contributed by atoms with van der Waals surface area (Å²) >= 11 is 0. The van der Waals surface area contributed by atoms with Gasteiger partial charge in [0.2, 0.25) is 0 Å². The number of pyridine rings is 1. The van der Waals surface area contributed by atoms with Crippen LogP contribution in [0.1, 0.15) is 5.69 Å². The SMILES string of the molecule is Cc1ccc2cc3ccccc3cc2n1. The van der Waals surface area contributed by atoms with Gasteiger partial charge >= 0.3 is 0 Å². The largest absolute Gasteiger partial charge is 0.253 e. The molecule has 0 aliphatic heterocycles. The monoisotopic (exact) mass is 193 g/mol. The summed E-state index contributed by atoms with van der Waals surface area (Å²) < 4.78 is 0. The van der Waals surface area contributed by atoms with Gasteiger partial charge in [-0.25, -0.2) is 0 Å². The molecular formula is C14H11N. The van der Waals surface area contributed by atoms with E-state index in [0.717, 1.165) is 11.2 Å². The molecule has 3 aromatic rings. The molecule has 2 aromatic carbocycles. The average Bonchev–Trinajstić information content (AvgIpc) is 2.26. The highest BCUT2D eigenvalue weighted by molar-refractivity contribution is 5.96. The van der Waals surface area contributed by atoms with E-state index in [2.05, 4.69) is 53.5 Å². The van der Waals surface area contributed by atoms with E-state index in [0.29, 0.717) is 0 Å². The van der Waals surface area contributed by atoms with Crippen molar-refractivity contribution in [1.29, 1.82) is 0 Å². The average molecular weight is 193 g/mol. The molecule has 0 fully saturated rings. The first-order chi connectivity index (χ1) is 7.33. The van der Waals surface area contributed by atoms with E-state index in [4.69, 9.17) is 0 Å². The quantitative estimate of drug-likeness (QED) is 0.496. The van der Waals surface area contributed by atoms with Crippen LogP contribution >= 0.6 is 0 Å². The Labute approximate surface area is 88.4 Å². The van der Waals surface area contributed by atoms with Crippen molar-refractivity contribution in [2.24, 2.45) is 0 Å². The van der Waals surface area contributed by atoms with Crippen molar-refractivity contribution in [3.05, 3.63) is 54.2 Å². The third-order valence-electron chi connectivity index (χ3n) is 2.70. The lowest BCUT2D eigenvalue weighted by atomic mass is 10.1. The molecule has 0 N–H and O–H groups in total. The van der Waals surface area contributed by atoms with Crippen LogP contribution in [-0.2, 0) is 0 Å². The fourth-order valence-electron chi connectivity index (χ4n) is 1.91. The van der Waals surface area contributed by atoms with Gasteiger partial charge in [0, 0.05) is 11.1 Å². The lowest BCUT2D eigenvalue weighted by Gasteiger charge is -2.02. The summed E-state index contributed by atoms with van der Waals surface area (Å²) in [4.78, 5) is 4.53. The minimum Gasteiger partial charge on any atom is -0.253 e. The summed E-state index contributed by atoms with van der Waals surface area (Å²) in [5.74, 6) is 0. The summed E-state index contributed by atoms with van der Waals surface area (Å²) in [7, 11) is 0. The summed E-state index contributed by atoms with van der Waals surface area (Å²) in [6, 6.07) is 16.9. The van der Waals surface area contributed by atoms with Crippen molar-refractivity contribution in [2.75, 3.05) is 0 Å². The van der Waals surface area contributed by atoms with Crippen LogP contribution in [0.2, 0.25) is 0 Å². The Hall–Kier alpha value is -1.89. The van der Waals surface area contributed by atoms with E-state index >= 15 is 0 Å². The zero-order valence-electron chi connectivity index (χ0n) is 8.57. The molecule has 3 rings (SSSR count). The van der Waals surface area contributed by atoms with Crippen molar-refractivity contribution in [3.8, 4) is 0 Å². The van der Waals surface area contributed by atoms with Gasteiger partial charge in [0.25, 0.3) is 0 Å². The van der Waals surface area contributed by atoms with E-state index < -0.39 is 0 Å². The van der Waals surface area contributed by atoms with E-state index in [9.17, 15) is 0 Å². The second kappa shape index (κ2) is 3.06. The molecule has 1 nitrogen and oxygen atoms in total. The van der Waals surface area contributed by atoms with Crippen LogP contribution in [-0.4, -0.2) is 4.98 Å². The predicted octanol–water partition coefficient (Wildman–Crippen LogP) is 3.70. The molecule has 0 bridgehead atoms. The third-order valence-corrected chi connectivity index (χ3v) is 2.70. The highest BCUT2D eigenvalue weighted by Crippen LogP contribution is 2.21. The maximum Gasteiger partial charge on any atom is 0.0711 e. The summed E-state index contributed by atoms with van der Waals surface area (Å²) in [6.45, 7) is 2.02. The normalized spacial score (nSPS) is 11.0. The molecule has 0 aliphatic carbocycles. The molecule has 1 aromatic heterocycles. The highest BCUT2D eigenvalue weighted by atomic mass is 14.7. The zero-order chi connectivity index (χ0) is 10.3. The first-order valence-corrected chi connectivity index (χ1v) is 5.09. The van der Waals surface area contributed by atoms with Crippen molar-refractivity contribution in [3.63, 3.8) is 0 Å². The molecule has 0 saturated heterocycles. The zero-order valence-corrected chi connectivity index (χ0v) is 8.57. The number of rotatable bonds is 0. The van der Waals surface area contributed by atoms with Crippen LogP contribution in [0.15, 0.2) is 48.5 Å². The maximum absolute atomic E-state index is 4.53. The van der Waals surface area contributed by atoms with Crippen molar-refractivity contribution >= 4 is 21.7 Å². The lowest BCUT2D eigenvalue weighted by molar-refractivity contribution is 1.26. The number of fused-ring (bicyclic) bond motifs is 2. The van der Waals surface area contributed by atoms with Gasteiger partial charge in [-0.2, -0.15) is 0 Å². The van der Waals surface area contributed by atoms with E-state index in [-0.39, 0.29) is 0 Å². The molecule has 0 atom stereocenters. The summed E-state index contributed by atoms with van der Waals surface area (Å²) in [6.07, 6.45) is 0. The molecule has 72 valence electrons. The van der Waals surface area contributed by atoms with Gasteiger partial charge in [0.05, 0.1) is 5.52 Å². The van der Waals surface area contributed by atoms with Crippen LogP contribution in [0.5, 0.6) is 0 Å². The Balaban J connectivity index is 2.47. The minimum atomic E-state index is 1.07. The minimum absolute atomic E-state index is 1.07. The van der Waals surface area contributed by atoms with E-state index in [1.54, 1.807) is 0 Å². The van der Waals surface area contributed by atoms with Gasteiger partial charge in [0.15, 0.2) is 0 Å². The van der Waals surface area contributed by atoms with Gasteiger partial charge in [-0.1, -0.05) is 30.3 Å². The number of aryl methyl sites for hydroxylation is 1. The Morgan fingerprint density at radius 3 is 2.33 bits per heavy atom. The van der Waals surface area contributed by atoms with Crippen LogP contribution in [0, 0.1) is 6.92 Å². The molecule has 0 aliphatic rings. The first-order valence-electron chi connectivity index (χ1n) is 5.09. The standard InChI is InChI=1S/C14H11N/c1-10-6-7-13-8-11-4-2-3-5-12(11)9-14(13)15-10/h2-9H,1H3. The van der Waals surface area contributed by atoms with Crippen molar-refractivity contribution < 1.29 is 0 Å². The Bertz CT molecular complexity index is 641. The molecule has 0 unspecified atom stereocenters. The molecule has 0 amide bonds. The summed E-state index contributed by atoms with van der Waals surface area (Å²) in [5.41, 5.74) is 2.14. The van der Waals surface area contributed by atoms with Crippen LogP contribution < -0.4 is 0 Å². The van der Waals surface area contributed by atoms with Crippen molar-refractivity contribution in [1.82, 2.24) is 4.98 Å². The molecule has 1 heterocycles. The van der Waals surface area contributed by atoms with Crippen LogP contribution in [0.4, 0.5) is 0 Å².